The Balaban J connectivity index is 2.59. The Morgan fingerprint density at radius 2 is 2.17 bits per heavy atom. The van der Waals surface area contributed by atoms with E-state index in [-0.39, 0.29) is 11.9 Å². The molecule has 4 nitrogen and oxygen atoms in total. The summed E-state index contributed by atoms with van der Waals surface area (Å²) >= 11 is 3.47. The number of amides is 1. The normalized spacial score (nSPS) is 11.0. The minimum absolute atomic E-state index is 0.0260. The van der Waals surface area contributed by atoms with Crippen LogP contribution in [-0.4, -0.2) is 30.4 Å². The van der Waals surface area contributed by atoms with Crippen molar-refractivity contribution in [2.75, 3.05) is 19.3 Å². The number of nitrogen functional groups attached to an aromatic ring is 1. The molecule has 0 fully saturated rings. The van der Waals surface area contributed by atoms with Gasteiger partial charge in [-0.15, -0.1) is 0 Å². The Morgan fingerprint density at radius 1 is 1.50 bits per heavy atom. The Kier molecular flexibility index (Phi) is 5.62. The third-order valence-corrected chi connectivity index (χ3v) is 3.19. The molecule has 3 N–H and O–H groups in total. The van der Waals surface area contributed by atoms with Gasteiger partial charge < -0.3 is 11.1 Å². The number of hydrogen-bond acceptors (Lipinski definition) is 3. The molecular weight excluding hydrogens is 294 g/mol. The molecule has 100 valence electrons. The van der Waals surface area contributed by atoms with Crippen LogP contribution >= 0.6 is 15.9 Å². The second kappa shape index (κ2) is 6.75. The van der Waals surface area contributed by atoms with E-state index in [2.05, 4.69) is 21.2 Å². The highest BCUT2D eigenvalue weighted by atomic mass is 79.9. The standard InChI is InChI=1S/C13H20BrN3O/c1-9(2)16-13(18)8-17(3)7-10-11(14)5-4-6-12(10)15/h4-6,9H,7-8,15H2,1-3H3,(H,16,18). The van der Waals surface area contributed by atoms with Gasteiger partial charge in [0.1, 0.15) is 0 Å². The van der Waals surface area contributed by atoms with E-state index < -0.39 is 0 Å². The SMILES string of the molecule is CC(C)NC(=O)CN(C)Cc1c(N)cccc1Br. The lowest BCUT2D eigenvalue weighted by Crippen LogP contribution is -2.38. The lowest BCUT2D eigenvalue weighted by molar-refractivity contribution is -0.122. The average molecular weight is 314 g/mol. The fourth-order valence-electron chi connectivity index (χ4n) is 1.68. The van der Waals surface area contributed by atoms with E-state index in [0.717, 1.165) is 15.7 Å². The van der Waals surface area contributed by atoms with Crippen molar-refractivity contribution in [1.82, 2.24) is 10.2 Å². The van der Waals surface area contributed by atoms with Crippen LogP contribution in [-0.2, 0) is 11.3 Å². The highest BCUT2D eigenvalue weighted by molar-refractivity contribution is 9.10. The summed E-state index contributed by atoms with van der Waals surface area (Å²) in [6.45, 7) is 4.89. The molecule has 1 aromatic rings. The molecule has 0 radical (unpaired) electrons. The number of carbonyl (C=O) groups excluding carboxylic acids is 1. The predicted molar refractivity (Wildman–Crippen MR) is 78.2 cm³/mol. The Hall–Kier alpha value is -1.07. The maximum atomic E-state index is 11.6. The van der Waals surface area contributed by atoms with Crippen molar-refractivity contribution in [2.24, 2.45) is 0 Å². The highest BCUT2D eigenvalue weighted by Crippen LogP contribution is 2.23. The molecule has 1 rings (SSSR count). The molecule has 0 aromatic heterocycles. The first kappa shape index (κ1) is 15.0. The van der Waals surface area contributed by atoms with Crippen LogP contribution in [0.15, 0.2) is 22.7 Å². The Morgan fingerprint density at radius 3 is 2.72 bits per heavy atom. The number of carbonyl (C=O) groups is 1. The molecule has 1 amide bonds. The number of rotatable bonds is 5. The zero-order valence-electron chi connectivity index (χ0n) is 11.0. The molecule has 0 aliphatic rings. The third kappa shape index (κ3) is 4.66. The largest absolute Gasteiger partial charge is 0.398 e. The maximum absolute atomic E-state index is 11.6. The van der Waals surface area contributed by atoms with Gasteiger partial charge in [0.2, 0.25) is 5.91 Å². The summed E-state index contributed by atoms with van der Waals surface area (Å²) in [7, 11) is 1.90. The van der Waals surface area contributed by atoms with E-state index in [0.29, 0.717) is 13.1 Å². The van der Waals surface area contributed by atoms with Gasteiger partial charge >= 0.3 is 0 Å². The quantitative estimate of drug-likeness (QED) is 0.817. The van der Waals surface area contributed by atoms with Gasteiger partial charge in [0.05, 0.1) is 6.54 Å². The van der Waals surface area contributed by atoms with E-state index in [1.165, 1.54) is 0 Å². The van der Waals surface area contributed by atoms with Gasteiger partial charge in [-0.25, -0.2) is 0 Å². The van der Waals surface area contributed by atoms with Gasteiger partial charge in [0.15, 0.2) is 0 Å². The number of likely N-dealkylation sites (N-methyl/N-ethyl adjacent to an activating group) is 1. The van der Waals surface area contributed by atoms with E-state index >= 15 is 0 Å². The summed E-state index contributed by atoms with van der Waals surface area (Å²) in [5.74, 6) is 0.0260. The fourth-order valence-corrected chi connectivity index (χ4v) is 2.19. The number of benzene rings is 1. The molecule has 0 bridgehead atoms. The van der Waals surface area contributed by atoms with Crippen molar-refractivity contribution in [3.05, 3.63) is 28.2 Å². The number of nitrogens with one attached hydrogen (secondary N) is 1. The van der Waals surface area contributed by atoms with Crippen molar-refractivity contribution in [3.63, 3.8) is 0 Å². The number of anilines is 1. The minimum atomic E-state index is 0.0260. The first-order valence-corrected chi connectivity index (χ1v) is 6.70. The third-order valence-electron chi connectivity index (χ3n) is 2.45. The minimum Gasteiger partial charge on any atom is -0.398 e. The monoisotopic (exact) mass is 313 g/mol. The Labute approximate surface area is 117 Å². The lowest BCUT2D eigenvalue weighted by Gasteiger charge is -2.19. The van der Waals surface area contributed by atoms with Gasteiger partial charge in [-0.3, -0.25) is 9.69 Å². The number of nitrogens with two attached hydrogens (primary N) is 1. The smallest absolute Gasteiger partial charge is 0.234 e. The van der Waals surface area contributed by atoms with Gasteiger partial charge in [0, 0.05) is 28.3 Å². The van der Waals surface area contributed by atoms with E-state index in [4.69, 9.17) is 5.73 Å². The van der Waals surface area contributed by atoms with E-state index in [1.807, 2.05) is 44.0 Å². The van der Waals surface area contributed by atoms with E-state index in [9.17, 15) is 4.79 Å². The highest BCUT2D eigenvalue weighted by Gasteiger charge is 2.11. The molecule has 0 aliphatic carbocycles. The molecule has 1 aromatic carbocycles. The van der Waals surface area contributed by atoms with Crippen LogP contribution in [0.2, 0.25) is 0 Å². The predicted octanol–water partition coefficient (Wildman–Crippen LogP) is 1.99. The first-order chi connectivity index (χ1) is 8.40. The Bertz CT molecular complexity index is 400. The molecule has 0 spiro atoms. The molecular formula is C13H20BrN3O. The first-order valence-electron chi connectivity index (χ1n) is 5.91. The lowest BCUT2D eigenvalue weighted by atomic mass is 10.1. The molecule has 0 saturated carbocycles. The molecule has 0 heterocycles. The summed E-state index contributed by atoms with van der Waals surface area (Å²) in [5, 5.41) is 2.87. The molecule has 0 aliphatic heterocycles. The molecule has 5 heteroatoms. The number of hydrogen-bond donors (Lipinski definition) is 2. The van der Waals surface area contributed by atoms with Crippen LogP contribution in [0, 0.1) is 0 Å². The van der Waals surface area contributed by atoms with Gasteiger partial charge in [-0.1, -0.05) is 22.0 Å². The topological polar surface area (TPSA) is 58.4 Å². The van der Waals surface area contributed by atoms with Crippen LogP contribution in [0.5, 0.6) is 0 Å². The van der Waals surface area contributed by atoms with Crippen LogP contribution in [0.25, 0.3) is 0 Å². The molecule has 0 saturated heterocycles. The summed E-state index contributed by atoms with van der Waals surface area (Å²) in [6.07, 6.45) is 0. The van der Waals surface area contributed by atoms with Crippen molar-refractivity contribution in [1.29, 1.82) is 0 Å². The second-order valence-corrected chi connectivity index (χ2v) is 5.56. The summed E-state index contributed by atoms with van der Waals surface area (Å²) < 4.78 is 0.971. The maximum Gasteiger partial charge on any atom is 0.234 e. The zero-order chi connectivity index (χ0) is 13.7. The van der Waals surface area contributed by atoms with Crippen LogP contribution in [0.3, 0.4) is 0 Å². The number of nitrogens with zero attached hydrogens (tertiary/aromatic N) is 1. The van der Waals surface area contributed by atoms with E-state index in [1.54, 1.807) is 0 Å². The van der Waals surface area contributed by atoms with Crippen LogP contribution < -0.4 is 11.1 Å². The number of halogens is 1. The van der Waals surface area contributed by atoms with Crippen LogP contribution in [0.4, 0.5) is 5.69 Å². The van der Waals surface area contributed by atoms with Crippen LogP contribution in [0.1, 0.15) is 19.4 Å². The fraction of sp³-hybridized carbons (Fsp3) is 0.462. The van der Waals surface area contributed by atoms with Gasteiger partial charge in [-0.05, 0) is 33.0 Å². The zero-order valence-corrected chi connectivity index (χ0v) is 12.6. The summed E-state index contributed by atoms with van der Waals surface area (Å²) in [6, 6.07) is 5.88. The van der Waals surface area contributed by atoms with Crippen molar-refractivity contribution in [2.45, 2.75) is 26.4 Å². The summed E-state index contributed by atoms with van der Waals surface area (Å²) in [4.78, 5) is 13.6. The summed E-state index contributed by atoms with van der Waals surface area (Å²) in [5.41, 5.74) is 7.67. The molecule has 18 heavy (non-hydrogen) atoms. The van der Waals surface area contributed by atoms with Crippen molar-refractivity contribution < 1.29 is 4.79 Å². The van der Waals surface area contributed by atoms with Gasteiger partial charge in [0.25, 0.3) is 0 Å². The second-order valence-electron chi connectivity index (χ2n) is 4.70. The molecule has 0 unspecified atom stereocenters. The average Bonchev–Trinajstić information content (AvgIpc) is 2.22. The van der Waals surface area contributed by atoms with Crippen molar-refractivity contribution in [3.8, 4) is 0 Å². The van der Waals surface area contributed by atoms with Crippen molar-refractivity contribution >= 4 is 27.5 Å². The molecule has 0 atom stereocenters. The van der Waals surface area contributed by atoms with Gasteiger partial charge in [-0.2, -0.15) is 0 Å².